The van der Waals surface area contributed by atoms with Gasteiger partial charge in [0.1, 0.15) is 5.69 Å². The molecule has 2 N–H and O–H groups in total. The van der Waals surface area contributed by atoms with Gasteiger partial charge < -0.3 is 15.2 Å². The van der Waals surface area contributed by atoms with E-state index in [2.05, 4.69) is 24.1 Å². The number of hydrogen-bond acceptors (Lipinski definition) is 4. The second-order valence-corrected chi connectivity index (χ2v) is 5.31. The first-order valence-corrected chi connectivity index (χ1v) is 7.18. The molecule has 0 aromatic carbocycles. The van der Waals surface area contributed by atoms with Crippen LogP contribution in [0.3, 0.4) is 0 Å². The van der Waals surface area contributed by atoms with E-state index in [-0.39, 0.29) is 11.3 Å². The topological polar surface area (TPSA) is 71.5 Å². The van der Waals surface area contributed by atoms with Crippen LogP contribution in [0.15, 0.2) is 18.3 Å². The van der Waals surface area contributed by atoms with Crippen LogP contribution in [-0.4, -0.2) is 34.3 Å². The third-order valence-corrected chi connectivity index (χ3v) is 4.13. The summed E-state index contributed by atoms with van der Waals surface area (Å²) in [6.45, 7) is 5.05. The number of carboxylic acid groups (broad SMARTS) is 1. The lowest BCUT2D eigenvalue weighted by atomic mass is 9.86. The molecule has 0 bridgehead atoms. The highest BCUT2D eigenvalue weighted by Gasteiger charge is 2.34. The molecule has 1 saturated heterocycles. The summed E-state index contributed by atoms with van der Waals surface area (Å²) in [7, 11) is 0. The number of hydrogen-bond donors (Lipinski definition) is 2. The lowest BCUT2D eigenvalue weighted by molar-refractivity contribution is -0.0864. The van der Waals surface area contributed by atoms with Crippen LogP contribution in [0.5, 0.6) is 0 Å². The van der Waals surface area contributed by atoms with Gasteiger partial charge in [0.25, 0.3) is 0 Å². The van der Waals surface area contributed by atoms with Gasteiger partial charge in [-0.1, -0.05) is 13.8 Å². The zero-order valence-electron chi connectivity index (χ0n) is 12.1. The van der Waals surface area contributed by atoms with E-state index in [1.807, 2.05) is 6.07 Å². The van der Waals surface area contributed by atoms with Crippen LogP contribution in [0, 0.1) is 0 Å². The first kappa shape index (κ1) is 14.8. The average molecular weight is 278 g/mol. The third-order valence-electron chi connectivity index (χ3n) is 4.13. The third kappa shape index (κ3) is 3.28. The van der Waals surface area contributed by atoms with Gasteiger partial charge in [-0.05, 0) is 37.8 Å². The summed E-state index contributed by atoms with van der Waals surface area (Å²) in [5, 5.41) is 12.4. The highest BCUT2D eigenvalue weighted by atomic mass is 16.5. The number of carboxylic acids is 1. The molecule has 1 atom stereocenters. The van der Waals surface area contributed by atoms with Crippen molar-refractivity contribution in [2.75, 3.05) is 11.9 Å². The predicted molar refractivity (Wildman–Crippen MR) is 77.1 cm³/mol. The van der Waals surface area contributed by atoms with Crippen LogP contribution in [0.4, 0.5) is 5.69 Å². The zero-order chi connectivity index (χ0) is 14.6. The van der Waals surface area contributed by atoms with Crippen molar-refractivity contribution >= 4 is 11.7 Å². The minimum absolute atomic E-state index is 0.0431. The molecule has 0 amide bonds. The van der Waals surface area contributed by atoms with E-state index < -0.39 is 5.97 Å². The quantitative estimate of drug-likeness (QED) is 0.866. The van der Waals surface area contributed by atoms with E-state index in [0.29, 0.717) is 6.04 Å². The molecule has 110 valence electrons. The van der Waals surface area contributed by atoms with Crippen molar-refractivity contribution in [1.82, 2.24) is 4.98 Å². The van der Waals surface area contributed by atoms with Crippen LogP contribution in [-0.2, 0) is 4.74 Å². The molecule has 20 heavy (non-hydrogen) atoms. The molecule has 1 fully saturated rings. The van der Waals surface area contributed by atoms with Gasteiger partial charge in [-0.3, -0.25) is 0 Å². The largest absolute Gasteiger partial charge is 0.477 e. The molecule has 0 saturated carbocycles. The van der Waals surface area contributed by atoms with Gasteiger partial charge in [0.05, 0.1) is 5.60 Å². The number of aromatic nitrogens is 1. The summed E-state index contributed by atoms with van der Waals surface area (Å²) in [5.41, 5.74) is 0.836. The molecule has 1 aromatic rings. The minimum atomic E-state index is -1.00. The van der Waals surface area contributed by atoms with Crippen molar-refractivity contribution in [2.24, 2.45) is 0 Å². The van der Waals surface area contributed by atoms with Crippen molar-refractivity contribution in [3.63, 3.8) is 0 Å². The first-order valence-electron chi connectivity index (χ1n) is 7.18. The van der Waals surface area contributed by atoms with Gasteiger partial charge in [-0.25, -0.2) is 9.78 Å². The van der Waals surface area contributed by atoms with Crippen molar-refractivity contribution < 1.29 is 14.6 Å². The number of anilines is 1. The maximum Gasteiger partial charge on any atom is 0.354 e. The Kier molecular flexibility index (Phi) is 4.60. The highest BCUT2D eigenvalue weighted by Crippen LogP contribution is 2.32. The Morgan fingerprint density at radius 3 is 2.95 bits per heavy atom. The second kappa shape index (κ2) is 6.22. The van der Waals surface area contributed by atoms with Crippen molar-refractivity contribution in [3.05, 3.63) is 24.0 Å². The van der Waals surface area contributed by atoms with E-state index in [1.165, 1.54) is 6.20 Å². The smallest absolute Gasteiger partial charge is 0.354 e. The number of carbonyl (C=O) groups is 1. The summed E-state index contributed by atoms with van der Waals surface area (Å²) >= 11 is 0. The van der Waals surface area contributed by atoms with Gasteiger partial charge >= 0.3 is 5.97 Å². The Morgan fingerprint density at radius 1 is 1.55 bits per heavy atom. The lowest BCUT2D eigenvalue weighted by Gasteiger charge is -2.40. The number of aromatic carboxylic acids is 1. The zero-order valence-corrected chi connectivity index (χ0v) is 12.1. The molecule has 2 rings (SSSR count). The van der Waals surface area contributed by atoms with E-state index in [1.54, 1.807) is 6.07 Å². The van der Waals surface area contributed by atoms with E-state index in [0.717, 1.165) is 38.0 Å². The molecule has 1 unspecified atom stereocenters. The average Bonchev–Trinajstić information content (AvgIpc) is 2.47. The Balaban J connectivity index is 2.06. The van der Waals surface area contributed by atoms with Crippen molar-refractivity contribution in [2.45, 2.75) is 51.2 Å². The summed E-state index contributed by atoms with van der Waals surface area (Å²) in [6, 6.07) is 3.70. The first-order chi connectivity index (χ1) is 9.58. The summed E-state index contributed by atoms with van der Waals surface area (Å²) < 4.78 is 5.95. The molecule has 0 spiro atoms. The van der Waals surface area contributed by atoms with Crippen LogP contribution >= 0.6 is 0 Å². The summed E-state index contributed by atoms with van der Waals surface area (Å²) in [5.74, 6) is -1.00. The molecule has 0 radical (unpaired) electrons. The fourth-order valence-corrected chi connectivity index (χ4v) is 2.77. The standard InChI is InChI=1S/C15H22N2O3/c1-3-15(4-2)10-12(6-8-20-15)17-11-5-7-16-13(9-11)14(18)19/h5,7,9,12H,3-4,6,8,10H2,1-2H3,(H,16,17)(H,18,19). The highest BCUT2D eigenvalue weighted by molar-refractivity contribution is 5.86. The van der Waals surface area contributed by atoms with E-state index in [9.17, 15) is 4.79 Å². The SMILES string of the molecule is CCC1(CC)CC(Nc2ccnc(C(=O)O)c2)CCO1. The Bertz CT molecular complexity index is 472. The van der Waals surface area contributed by atoms with Crippen LogP contribution in [0.1, 0.15) is 50.0 Å². The molecule has 5 heteroatoms. The van der Waals surface area contributed by atoms with Gasteiger partial charge in [0.15, 0.2) is 0 Å². The fraction of sp³-hybridized carbons (Fsp3) is 0.600. The molecule has 2 heterocycles. The molecule has 1 aliphatic rings. The summed E-state index contributed by atoms with van der Waals surface area (Å²) in [6.07, 6.45) is 5.41. The number of pyridine rings is 1. The number of rotatable bonds is 5. The lowest BCUT2D eigenvalue weighted by Crippen LogP contribution is -2.43. The van der Waals surface area contributed by atoms with Crippen LogP contribution in [0.25, 0.3) is 0 Å². The molecular weight excluding hydrogens is 256 g/mol. The monoisotopic (exact) mass is 278 g/mol. The molecule has 1 aromatic heterocycles. The maximum atomic E-state index is 10.9. The van der Waals surface area contributed by atoms with Crippen LogP contribution in [0.2, 0.25) is 0 Å². The van der Waals surface area contributed by atoms with Gasteiger partial charge in [-0.2, -0.15) is 0 Å². The second-order valence-electron chi connectivity index (χ2n) is 5.31. The normalized spacial score (nSPS) is 21.4. The molecular formula is C15H22N2O3. The fourth-order valence-electron chi connectivity index (χ4n) is 2.77. The Morgan fingerprint density at radius 2 is 2.30 bits per heavy atom. The van der Waals surface area contributed by atoms with Gasteiger partial charge in [0.2, 0.25) is 0 Å². The van der Waals surface area contributed by atoms with Crippen LogP contribution < -0.4 is 5.32 Å². The minimum Gasteiger partial charge on any atom is -0.477 e. The van der Waals surface area contributed by atoms with Crippen molar-refractivity contribution in [1.29, 1.82) is 0 Å². The number of nitrogens with zero attached hydrogens (tertiary/aromatic N) is 1. The van der Waals surface area contributed by atoms with Gasteiger partial charge in [-0.15, -0.1) is 0 Å². The summed E-state index contributed by atoms with van der Waals surface area (Å²) in [4.78, 5) is 14.8. The maximum absolute atomic E-state index is 10.9. The predicted octanol–water partition coefficient (Wildman–Crippen LogP) is 2.93. The number of nitrogens with one attached hydrogen (secondary N) is 1. The molecule has 5 nitrogen and oxygen atoms in total. The number of ether oxygens (including phenoxy) is 1. The van der Waals surface area contributed by atoms with E-state index >= 15 is 0 Å². The van der Waals surface area contributed by atoms with Gasteiger partial charge in [0, 0.05) is 24.5 Å². The molecule has 0 aliphatic carbocycles. The Hall–Kier alpha value is -1.62. The van der Waals surface area contributed by atoms with E-state index in [4.69, 9.17) is 9.84 Å². The van der Waals surface area contributed by atoms with Crippen molar-refractivity contribution in [3.8, 4) is 0 Å². The molecule has 1 aliphatic heterocycles. The Labute approximate surface area is 119 Å².